The highest BCUT2D eigenvalue weighted by Crippen LogP contribution is 2.26. The molecule has 3 amide bonds. The molecule has 6 nitrogen and oxygen atoms in total. The Morgan fingerprint density at radius 3 is 2.26 bits per heavy atom. The Labute approximate surface area is 160 Å². The lowest BCUT2D eigenvalue weighted by Crippen LogP contribution is -2.29. The summed E-state index contributed by atoms with van der Waals surface area (Å²) in [5.41, 5.74) is 3.84. The van der Waals surface area contributed by atoms with Crippen LogP contribution in [0.4, 0.5) is 21.9 Å². The Bertz CT molecular complexity index is 842. The number of aryl methyl sites for hydroxylation is 1. The molecule has 0 aromatic heterocycles. The fourth-order valence-electron chi connectivity index (χ4n) is 3.28. The number of rotatable bonds is 4. The first-order valence-corrected chi connectivity index (χ1v) is 9.19. The summed E-state index contributed by atoms with van der Waals surface area (Å²) in [7, 11) is 3.82. The van der Waals surface area contributed by atoms with Gasteiger partial charge in [0.1, 0.15) is 0 Å². The number of benzene rings is 2. The Balaban J connectivity index is 1.78. The van der Waals surface area contributed by atoms with Crippen LogP contribution in [0.15, 0.2) is 42.5 Å². The van der Waals surface area contributed by atoms with Crippen LogP contribution in [0.25, 0.3) is 0 Å². The zero-order valence-electron chi connectivity index (χ0n) is 16.1. The van der Waals surface area contributed by atoms with E-state index in [0.29, 0.717) is 11.3 Å². The third-order valence-corrected chi connectivity index (χ3v) is 4.64. The minimum absolute atomic E-state index is 0.0129. The molecular weight excluding hydrogens is 340 g/mol. The molecule has 1 saturated heterocycles. The average molecular weight is 366 g/mol. The third-order valence-electron chi connectivity index (χ3n) is 4.64. The molecule has 0 unspecified atom stereocenters. The Morgan fingerprint density at radius 2 is 1.63 bits per heavy atom. The second-order valence-electron chi connectivity index (χ2n) is 7.07. The van der Waals surface area contributed by atoms with E-state index in [0.717, 1.165) is 42.9 Å². The van der Waals surface area contributed by atoms with E-state index in [9.17, 15) is 9.59 Å². The van der Waals surface area contributed by atoms with Crippen LogP contribution in [0, 0.1) is 6.92 Å². The highest BCUT2D eigenvalue weighted by molar-refractivity contribution is 6.04. The number of nitrogens with zero attached hydrogens (tertiary/aromatic N) is 2. The first-order valence-electron chi connectivity index (χ1n) is 9.19. The van der Waals surface area contributed by atoms with Crippen LogP contribution in [-0.2, 0) is 0 Å². The number of hydrogen-bond acceptors (Lipinski definition) is 3. The summed E-state index contributed by atoms with van der Waals surface area (Å²) in [6.45, 7) is 3.55. The van der Waals surface area contributed by atoms with Crippen molar-refractivity contribution in [2.45, 2.75) is 19.8 Å². The van der Waals surface area contributed by atoms with E-state index in [1.807, 2.05) is 67.2 Å². The maximum absolute atomic E-state index is 12.9. The zero-order chi connectivity index (χ0) is 19.4. The van der Waals surface area contributed by atoms with E-state index >= 15 is 0 Å². The predicted molar refractivity (Wildman–Crippen MR) is 110 cm³/mol. The normalized spacial score (nSPS) is 13.4. The van der Waals surface area contributed by atoms with Crippen molar-refractivity contribution >= 4 is 29.0 Å². The highest BCUT2D eigenvalue weighted by Gasteiger charge is 2.23. The lowest BCUT2D eigenvalue weighted by molar-refractivity contribution is 0.0793. The number of amides is 3. The van der Waals surface area contributed by atoms with E-state index < -0.39 is 0 Å². The van der Waals surface area contributed by atoms with Crippen LogP contribution in [0.1, 0.15) is 28.8 Å². The van der Waals surface area contributed by atoms with Crippen molar-refractivity contribution in [1.82, 2.24) is 4.90 Å². The molecule has 0 atom stereocenters. The van der Waals surface area contributed by atoms with Crippen molar-refractivity contribution in [2.75, 3.05) is 42.7 Å². The van der Waals surface area contributed by atoms with Gasteiger partial charge in [0, 0.05) is 44.2 Å². The van der Waals surface area contributed by atoms with Crippen LogP contribution in [-0.4, -0.2) is 44.0 Å². The molecule has 1 heterocycles. The Kier molecular flexibility index (Phi) is 5.64. The first kappa shape index (κ1) is 18.8. The fourth-order valence-corrected chi connectivity index (χ4v) is 3.28. The Morgan fingerprint density at radius 1 is 0.963 bits per heavy atom. The molecule has 0 bridgehead atoms. The highest BCUT2D eigenvalue weighted by atomic mass is 16.2. The maximum atomic E-state index is 12.9. The molecule has 1 aliphatic heterocycles. The maximum Gasteiger partial charge on any atom is 0.323 e. The molecule has 6 heteroatoms. The summed E-state index contributed by atoms with van der Waals surface area (Å²) in [6, 6.07) is 12.7. The standard InChI is InChI=1S/C21H26N4O2/c1-15-7-6-8-16(13-15)22-21(27)23-17-9-10-19(24(2)3)18(14-17)20(26)25-11-4-5-12-25/h6-10,13-14H,4-5,11-12H2,1-3H3,(H2,22,23,27). The molecule has 142 valence electrons. The summed E-state index contributed by atoms with van der Waals surface area (Å²) in [4.78, 5) is 29.0. The molecule has 27 heavy (non-hydrogen) atoms. The van der Waals surface area contributed by atoms with Gasteiger partial charge in [0.2, 0.25) is 0 Å². The van der Waals surface area contributed by atoms with E-state index in [1.54, 1.807) is 6.07 Å². The van der Waals surface area contributed by atoms with Crippen LogP contribution in [0.5, 0.6) is 0 Å². The Hall–Kier alpha value is -3.02. The third kappa shape index (κ3) is 4.58. The van der Waals surface area contributed by atoms with Crippen molar-refractivity contribution < 1.29 is 9.59 Å². The van der Waals surface area contributed by atoms with E-state index in [2.05, 4.69) is 10.6 Å². The molecule has 0 saturated carbocycles. The lowest BCUT2D eigenvalue weighted by atomic mass is 10.1. The van der Waals surface area contributed by atoms with Crippen molar-refractivity contribution in [3.8, 4) is 0 Å². The minimum Gasteiger partial charge on any atom is -0.377 e. The van der Waals surface area contributed by atoms with Crippen LogP contribution in [0.3, 0.4) is 0 Å². The molecule has 0 radical (unpaired) electrons. The molecular formula is C21H26N4O2. The molecule has 3 rings (SSSR count). The van der Waals surface area contributed by atoms with Crippen molar-refractivity contribution in [1.29, 1.82) is 0 Å². The number of carbonyl (C=O) groups excluding carboxylic acids is 2. The number of likely N-dealkylation sites (tertiary alicyclic amines) is 1. The molecule has 1 fully saturated rings. The van der Waals surface area contributed by atoms with Gasteiger partial charge < -0.3 is 20.4 Å². The second-order valence-corrected chi connectivity index (χ2v) is 7.07. The van der Waals surface area contributed by atoms with Gasteiger partial charge in [-0.2, -0.15) is 0 Å². The molecule has 2 N–H and O–H groups in total. The lowest BCUT2D eigenvalue weighted by Gasteiger charge is -2.22. The molecule has 2 aromatic carbocycles. The summed E-state index contributed by atoms with van der Waals surface area (Å²) in [5, 5.41) is 5.64. The number of urea groups is 1. The SMILES string of the molecule is Cc1cccc(NC(=O)Nc2ccc(N(C)C)c(C(=O)N3CCCC3)c2)c1. The summed E-state index contributed by atoms with van der Waals surface area (Å²) >= 11 is 0. The zero-order valence-corrected chi connectivity index (χ0v) is 16.1. The quantitative estimate of drug-likeness (QED) is 0.861. The van der Waals surface area contributed by atoms with Gasteiger partial charge >= 0.3 is 6.03 Å². The largest absolute Gasteiger partial charge is 0.377 e. The molecule has 0 aliphatic carbocycles. The molecule has 2 aromatic rings. The number of nitrogens with one attached hydrogen (secondary N) is 2. The first-order chi connectivity index (χ1) is 12.9. The predicted octanol–water partition coefficient (Wildman–Crippen LogP) is 3.94. The van der Waals surface area contributed by atoms with Gasteiger partial charge in [-0.3, -0.25) is 4.79 Å². The smallest absolute Gasteiger partial charge is 0.323 e. The summed E-state index contributed by atoms with van der Waals surface area (Å²) < 4.78 is 0. The van der Waals surface area contributed by atoms with Gasteiger partial charge in [0.05, 0.1) is 5.56 Å². The molecule has 0 spiro atoms. The minimum atomic E-state index is -0.335. The summed E-state index contributed by atoms with van der Waals surface area (Å²) in [5.74, 6) is 0.0129. The van der Waals surface area contributed by atoms with Crippen molar-refractivity contribution in [3.05, 3.63) is 53.6 Å². The monoisotopic (exact) mass is 366 g/mol. The number of carbonyl (C=O) groups is 2. The van der Waals surface area contributed by atoms with Gasteiger partial charge in [-0.05, 0) is 55.7 Å². The van der Waals surface area contributed by atoms with Gasteiger partial charge in [0.25, 0.3) is 5.91 Å². The molecule has 1 aliphatic rings. The van der Waals surface area contributed by atoms with Gasteiger partial charge in [-0.25, -0.2) is 4.79 Å². The van der Waals surface area contributed by atoms with Crippen LogP contribution in [0.2, 0.25) is 0 Å². The average Bonchev–Trinajstić information content (AvgIpc) is 3.15. The summed E-state index contributed by atoms with van der Waals surface area (Å²) in [6.07, 6.45) is 2.08. The number of hydrogen-bond donors (Lipinski definition) is 2. The van der Waals surface area contributed by atoms with E-state index in [1.165, 1.54) is 0 Å². The fraction of sp³-hybridized carbons (Fsp3) is 0.333. The van der Waals surface area contributed by atoms with E-state index in [-0.39, 0.29) is 11.9 Å². The van der Waals surface area contributed by atoms with Gasteiger partial charge in [-0.15, -0.1) is 0 Å². The van der Waals surface area contributed by atoms with Crippen LogP contribution < -0.4 is 15.5 Å². The van der Waals surface area contributed by atoms with Crippen molar-refractivity contribution in [2.24, 2.45) is 0 Å². The number of anilines is 3. The van der Waals surface area contributed by atoms with Gasteiger partial charge in [0.15, 0.2) is 0 Å². The van der Waals surface area contributed by atoms with E-state index in [4.69, 9.17) is 0 Å². The topological polar surface area (TPSA) is 64.7 Å². The van der Waals surface area contributed by atoms with Crippen LogP contribution >= 0.6 is 0 Å². The van der Waals surface area contributed by atoms with Gasteiger partial charge in [-0.1, -0.05) is 12.1 Å². The van der Waals surface area contributed by atoms with Crippen molar-refractivity contribution in [3.63, 3.8) is 0 Å². The second kappa shape index (κ2) is 8.12.